The van der Waals surface area contributed by atoms with E-state index in [1.165, 1.54) is 5.69 Å². The van der Waals surface area contributed by atoms with E-state index in [2.05, 4.69) is 63.8 Å². The Kier molecular flexibility index (Phi) is 11.5. The molecule has 0 aliphatic rings. The summed E-state index contributed by atoms with van der Waals surface area (Å²) in [7, 11) is 7.82. The van der Waals surface area contributed by atoms with E-state index in [0.29, 0.717) is 0 Å². The zero-order valence-electron chi connectivity index (χ0n) is 16.3. The second kappa shape index (κ2) is 13.5. The van der Waals surface area contributed by atoms with Gasteiger partial charge in [0.05, 0.1) is 0 Å². The van der Waals surface area contributed by atoms with E-state index in [-0.39, 0.29) is 0 Å². The fraction of sp³-hybridized carbons (Fsp3) is 0.632. The van der Waals surface area contributed by atoms with Crippen LogP contribution < -0.4 is 15.5 Å². The number of anilines is 1. The van der Waals surface area contributed by atoms with Crippen molar-refractivity contribution in [2.24, 2.45) is 4.99 Å². The molecule has 142 valence electrons. The number of nitrogens with one attached hydrogen (secondary N) is 2. The van der Waals surface area contributed by atoms with Crippen molar-refractivity contribution in [3.8, 4) is 0 Å². The molecule has 0 aliphatic carbocycles. The van der Waals surface area contributed by atoms with E-state index in [0.717, 1.165) is 58.1 Å². The van der Waals surface area contributed by atoms with Crippen LogP contribution in [0.25, 0.3) is 0 Å². The Bertz CT molecular complexity index is 466. The first kappa shape index (κ1) is 21.3. The quantitative estimate of drug-likeness (QED) is 0.341. The maximum Gasteiger partial charge on any atom is 0.191 e. The van der Waals surface area contributed by atoms with Gasteiger partial charge in [0.1, 0.15) is 0 Å². The van der Waals surface area contributed by atoms with E-state index in [4.69, 9.17) is 4.74 Å². The summed E-state index contributed by atoms with van der Waals surface area (Å²) >= 11 is 0. The van der Waals surface area contributed by atoms with Crippen LogP contribution in [-0.2, 0) is 4.74 Å². The lowest BCUT2D eigenvalue weighted by Crippen LogP contribution is -2.41. The second-order valence-corrected chi connectivity index (χ2v) is 6.19. The Morgan fingerprint density at radius 3 is 2.40 bits per heavy atom. The first-order valence-corrected chi connectivity index (χ1v) is 9.05. The van der Waals surface area contributed by atoms with Crippen molar-refractivity contribution < 1.29 is 4.74 Å². The summed E-state index contributed by atoms with van der Waals surface area (Å²) in [6, 6.07) is 10.5. The maximum absolute atomic E-state index is 5.08. The second-order valence-electron chi connectivity index (χ2n) is 6.19. The SMILES string of the molecule is CN=C(NCCCN(C)c1ccccc1)NCCN(C)CCCOC. The van der Waals surface area contributed by atoms with Crippen molar-refractivity contribution in [3.63, 3.8) is 0 Å². The van der Waals surface area contributed by atoms with Crippen LogP contribution in [0.3, 0.4) is 0 Å². The van der Waals surface area contributed by atoms with Crippen LogP contribution in [0, 0.1) is 0 Å². The average molecular weight is 350 g/mol. The summed E-state index contributed by atoms with van der Waals surface area (Å²) in [5.74, 6) is 0.868. The van der Waals surface area contributed by atoms with Crippen molar-refractivity contribution in [2.75, 3.05) is 72.5 Å². The first-order chi connectivity index (χ1) is 12.2. The van der Waals surface area contributed by atoms with E-state index >= 15 is 0 Å². The largest absolute Gasteiger partial charge is 0.385 e. The van der Waals surface area contributed by atoms with Crippen LogP contribution in [0.2, 0.25) is 0 Å². The fourth-order valence-corrected chi connectivity index (χ4v) is 2.51. The molecule has 0 amide bonds. The number of aliphatic imine (C=N–C) groups is 1. The van der Waals surface area contributed by atoms with Crippen LogP contribution in [0.15, 0.2) is 35.3 Å². The molecule has 1 aromatic carbocycles. The highest BCUT2D eigenvalue weighted by molar-refractivity contribution is 5.79. The zero-order chi connectivity index (χ0) is 18.3. The van der Waals surface area contributed by atoms with E-state index in [1.807, 2.05) is 13.1 Å². The van der Waals surface area contributed by atoms with E-state index in [9.17, 15) is 0 Å². The molecule has 2 N–H and O–H groups in total. The van der Waals surface area contributed by atoms with Gasteiger partial charge in [0.15, 0.2) is 5.96 Å². The molecular formula is C19H35N5O. The molecule has 6 heteroatoms. The third-order valence-electron chi connectivity index (χ3n) is 4.06. The van der Waals surface area contributed by atoms with E-state index < -0.39 is 0 Å². The molecule has 0 fully saturated rings. The molecule has 0 heterocycles. The minimum Gasteiger partial charge on any atom is -0.385 e. The summed E-state index contributed by atoms with van der Waals surface area (Å²) in [5, 5.41) is 6.74. The van der Waals surface area contributed by atoms with Crippen molar-refractivity contribution >= 4 is 11.6 Å². The molecule has 0 bridgehead atoms. The van der Waals surface area contributed by atoms with Crippen LogP contribution in [0.1, 0.15) is 12.8 Å². The Morgan fingerprint density at radius 2 is 1.72 bits per heavy atom. The lowest BCUT2D eigenvalue weighted by Gasteiger charge is -2.20. The highest BCUT2D eigenvalue weighted by Gasteiger charge is 2.02. The number of likely N-dealkylation sites (N-methyl/N-ethyl adjacent to an activating group) is 1. The van der Waals surface area contributed by atoms with Gasteiger partial charge in [-0.3, -0.25) is 4.99 Å². The average Bonchev–Trinajstić information content (AvgIpc) is 2.64. The molecule has 0 spiro atoms. The Hall–Kier alpha value is -1.79. The smallest absolute Gasteiger partial charge is 0.191 e. The van der Waals surface area contributed by atoms with Gasteiger partial charge in [-0.15, -0.1) is 0 Å². The Balaban J connectivity index is 2.11. The van der Waals surface area contributed by atoms with Crippen LogP contribution in [-0.4, -0.2) is 78.4 Å². The Labute approximate surface area is 153 Å². The maximum atomic E-state index is 5.08. The summed E-state index contributed by atoms with van der Waals surface area (Å²) in [4.78, 5) is 8.85. The topological polar surface area (TPSA) is 52.1 Å². The molecule has 25 heavy (non-hydrogen) atoms. The highest BCUT2D eigenvalue weighted by atomic mass is 16.5. The zero-order valence-corrected chi connectivity index (χ0v) is 16.3. The van der Waals surface area contributed by atoms with Crippen molar-refractivity contribution in [1.82, 2.24) is 15.5 Å². The number of nitrogens with zero attached hydrogens (tertiary/aromatic N) is 3. The van der Waals surface area contributed by atoms with Gasteiger partial charge < -0.3 is 25.2 Å². The van der Waals surface area contributed by atoms with Gasteiger partial charge in [-0.25, -0.2) is 0 Å². The third-order valence-corrected chi connectivity index (χ3v) is 4.06. The molecule has 0 saturated carbocycles. The molecule has 6 nitrogen and oxygen atoms in total. The number of ether oxygens (including phenoxy) is 1. The number of guanidine groups is 1. The summed E-state index contributed by atoms with van der Waals surface area (Å²) in [6.07, 6.45) is 2.12. The van der Waals surface area contributed by atoms with Crippen LogP contribution in [0.4, 0.5) is 5.69 Å². The van der Waals surface area contributed by atoms with E-state index in [1.54, 1.807) is 7.11 Å². The molecule has 0 aliphatic heterocycles. The van der Waals surface area contributed by atoms with Crippen LogP contribution in [0.5, 0.6) is 0 Å². The van der Waals surface area contributed by atoms with Gasteiger partial charge in [-0.1, -0.05) is 18.2 Å². The monoisotopic (exact) mass is 349 g/mol. The number of methoxy groups -OCH3 is 1. The number of hydrogen-bond donors (Lipinski definition) is 2. The molecule has 1 aromatic rings. The molecule has 0 unspecified atom stereocenters. The van der Waals surface area contributed by atoms with Gasteiger partial charge in [0.25, 0.3) is 0 Å². The lowest BCUT2D eigenvalue weighted by molar-refractivity contribution is 0.180. The van der Waals surface area contributed by atoms with Crippen molar-refractivity contribution in [3.05, 3.63) is 30.3 Å². The van der Waals surface area contributed by atoms with Gasteiger partial charge in [0, 0.05) is 66.2 Å². The molecule has 0 aromatic heterocycles. The molecule has 0 atom stereocenters. The molecule has 1 rings (SSSR count). The first-order valence-electron chi connectivity index (χ1n) is 9.05. The standard InChI is InChI=1S/C19H35N5O/c1-20-19(22-13-16-23(2)14-9-17-25-4)21-12-8-15-24(3)18-10-6-5-7-11-18/h5-7,10-11H,8-9,12-17H2,1-4H3,(H2,20,21,22). The van der Waals surface area contributed by atoms with Crippen LogP contribution >= 0.6 is 0 Å². The van der Waals surface area contributed by atoms with Gasteiger partial charge in [0.2, 0.25) is 0 Å². The van der Waals surface area contributed by atoms with Crippen molar-refractivity contribution in [2.45, 2.75) is 12.8 Å². The van der Waals surface area contributed by atoms with Gasteiger partial charge in [-0.05, 0) is 32.0 Å². The molecular weight excluding hydrogens is 314 g/mol. The molecule has 0 radical (unpaired) electrons. The number of rotatable bonds is 12. The normalized spacial score (nSPS) is 11.6. The van der Waals surface area contributed by atoms with Gasteiger partial charge in [-0.2, -0.15) is 0 Å². The lowest BCUT2D eigenvalue weighted by atomic mass is 10.3. The van der Waals surface area contributed by atoms with Gasteiger partial charge >= 0.3 is 0 Å². The number of hydrogen-bond acceptors (Lipinski definition) is 4. The molecule has 0 saturated heterocycles. The summed E-state index contributed by atoms with van der Waals surface area (Å²) in [5.41, 5.74) is 1.25. The highest BCUT2D eigenvalue weighted by Crippen LogP contribution is 2.10. The summed E-state index contributed by atoms with van der Waals surface area (Å²) in [6.45, 7) is 5.65. The minimum absolute atomic E-state index is 0.818. The summed E-state index contributed by atoms with van der Waals surface area (Å²) < 4.78 is 5.08. The Morgan fingerprint density at radius 1 is 1.00 bits per heavy atom. The number of para-hydroxylation sites is 1. The third kappa shape index (κ3) is 9.94. The predicted molar refractivity (Wildman–Crippen MR) is 108 cm³/mol. The minimum atomic E-state index is 0.818. The van der Waals surface area contributed by atoms with Crippen molar-refractivity contribution in [1.29, 1.82) is 0 Å². The number of benzene rings is 1. The fourth-order valence-electron chi connectivity index (χ4n) is 2.51. The predicted octanol–water partition coefficient (Wildman–Crippen LogP) is 1.65.